The lowest BCUT2D eigenvalue weighted by molar-refractivity contribution is 1.04. The van der Waals surface area contributed by atoms with Gasteiger partial charge in [-0.15, -0.1) is 0 Å². The van der Waals surface area contributed by atoms with E-state index in [-0.39, 0.29) is 0 Å². The van der Waals surface area contributed by atoms with Crippen molar-refractivity contribution in [1.82, 2.24) is 4.40 Å². The fourth-order valence-electron chi connectivity index (χ4n) is 6.57. The van der Waals surface area contributed by atoms with Crippen LogP contribution in [0.15, 0.2) is 110 Å². The molecule has 5 aromatic carbocycles. The normalized spacial score (nSPS) is 13.3. The lowest BCUT2D eigenvalue weighted by Gasteiger charge is -2.14. The van der Waals surface area contributed by atoms with E-state index < -0.39 is 0 Å². The maximum absolute atomic E-state index is 4.09. The maximum Gasteiger partial charge on any atom is 0.0620 e. The first kappa shape index (κ1) is 25.4. The summed E-state index contributed by atoms with van der Waals surface area (Å²) in [6.45, 7) is 10.5. The summed E-state index contributed by atoms with van der Waals surface area (Å²) in [5.74, 6) is 0. The lowest BCUT2D eigenvalue weighted by atomic mass is 9.90. The molecule has 0 saturated carbocycles. The van der Waals surface area contributed by atoms with Crippen LogP contribution in [-0.4, -0.2) is 4.40 Å². The molecule has 0 N–H and O–H groups in total. The van der Waals surface area contributed by atoms with E-state index in [9.17, 15) is 0 Å². The van der Waals surface area contributed by atoms with Gasteiger partial charge in [-0.2, -0.15) is 0 Å². The van der Waals surface area contributed by atoms with Crippen molar-refractivity contribution in [3.8, 4) is 11.1 Å². The van der Waals surface area contributed by atoms with Crippen molar-refractivity contribution in [2.75, 3.05) is 0 Å². The third-order valence-electron chi connectivity index (χ3n) is 8.41. The highest BCUT2D eigenvalue weighted by atomic mass is 14.9. The molecule has 0 aliphatic heterocycles. The topological polar surface area (TPSA) is 4.41 Å². The van der Waals surface area contributed by atoms with E-state index in [1.807, 2.05) is 6.08 Å². The molecule has 0 amide bonds. The number of benzene rings is 5. The SMILES string of the molecule is C=Cc1cc2c(cc1C)c1cc(-c3ccccc3C3=CCCC=C3)cc3c4cc5ccccc5cc4n2c13.CCC. The van der Waals surface area contributed by atoms with Gasteiger partial charge in [-0.25, -0.2) is 0 Å². The van der Waals surface area contributed by atoms with Crippen molar-refractivity contribution in [1.29, 1.82) is 0 Å². The molecule has 0 spiro atoms. The molecule has 1 heteroatoms. The third kappa shape index (κ3) is 3.99. The molecule has 0 atom stereocenters. The Bertz CT molecular complexity index is 2170. The number of aryl methyl sites for hydroxylation is 1. The second-order valence-corrected chi connectivity index (χ2v) is 11.3. The second kappa shape index (κ2) is 10.1. The molecule has 1 aliphatic rings. The highest BCUT2D eigenvalue weighted by molar-refractivity contribution is 6.26. The summed E-state index contributed by atoms with van der Waals surface area (Å²) in [5, 5.41) is 7.79. The number of nitrogens with zero attached hydrogens (tertiary/aromatic N) is 1. The highest BCUT2D eigenvalue weighted by Gasteiger charge is 2.21. The van der Waals surface area contributed by atoms with Gasteiger partial charge in [-0.3, -0.25) is 0 Å². The van der Waals surface area contributed by atoms with Crippen molar-refractivity contribution >= 4 is 60.5 Å². The Morgan fingerprint density at radius 1 is 0.732 bits per heavy atom. The number of hydrogen-bond donors (Lipinski definition) is 0. The number of allylic oxidation sites excluding steroid dienone is 4. The van der Waals surface area contributed by atoms with Crippen LogP contribution in [0.25, 0.3) is 71.6 Å². The number of aromatic nitrogens is 1. The summed E-state index contributed by atoms with van der Waals surface area (Å²) in [7, 11) is 0. The lowest BCUT2D eigenvalue weighted by Crippen LogP contribution is -1.91. The molecule has 0 saturated heterocycles. The Morgan fingerprint density at radius 3 is 2.05 bits per heavy atom. The molecule has 41 heavy (non-hydrogen) atoms. The fourth-order valence-corrected chi connectivity index (χ4v) is 6.57. The Hall–Kier alpha value is -4.62. The van der Waals surface area contributed by atoms with Crippen LogP contribution in [0.5, 0.6) is 0 Å². The van der Waals surface area contributed by atoms with Crippen LogP contribution in [0.4, 0.5) is 0 Å². The highest BCUT2D eigenvalue weighted by Crippen LogP contribution is 2.44. The van der Waals surface area contributed by atoms with Gasteiger partial charge in [0, 0.05) is 21.5 Å². The van der Waals surface area contributed by atoms with Crippen LogP contribution in [0.1, 0.15) is 49.8 Å². The van der Waals surface area contributed by atoms with Crippen molar-refractivity contribution < 1.29 is 0 Å². The van der Waals surface area contributed by atoms with Crippen molar-refractivity contribution in [2.45, 2.75) is 40.0 Å². The van der Waals surface area contributed by atoms with Crippen molar-refractivity contribution in [2.24, 2.45) is 0 Å². The van der Waals surface area contributed by atoms with Gasteiger partial charge in [0.25, 0.3) is 0 Å². The monoisotopic (exact) mass is 529 g/mol. The van der Waals surface area contributed by atoms with E-state index >= 15 is 0 Å². The number of hydrogen-bond acceptors (Lipinski definition) is 0. The molecule has 7 aromatic rings. The Balaban J connectivity index is 0.000000884. The molecular weight excluding hydrogens is 494 g/mol. The molecule has 1 aliphatic carbocycles. The fraction of sp³-hybridized carbons (Fsp3) is 0.150. The van der Waals surface area contributed by atoms with E-state index in [0.717, 1.165) is 12.8 Å². The Labute approximate surface area is 242 Å². The van der Waals surface area contributed by atoms with E-state index in [2.05, 4.69) is 135 Å². The van der Waals surface area contributed by atoms with Crippen molar-refractivity contribution in [3.05, 3.63) is 126 Å². The first-order chi connectivity index (χ1) is 20.1. The quantitative estimate of drug-likeness (QED) is 0.214. The van der Waals surface area contributed by atoms with Crippen LogP contribution in [0.3, 0.4) is 0 Å². The zero-order valence-electron chi connectivity index (χ0n) is 24.2. The van der Waals surface area contributed by atoms with E-state index in [1.54, 1.807) is 0 Å². The molecule has 0 radical (unpaired) electrons. The Morgan fingerprint density at radius 2 is 1.37 bits per heavy atom. The van der Waals surface area contributed by atoms with Gasteiger partial charge in [0.15, 0.2) is 0 Å². The van der Waals surface area contributed by atoms with Gasteiger partial charge in [-0.05, 0) is 100 Å². The predicted octanol–water partition coefficient (Wildman–Crippen LogP) is 11.8. The molecule has 2 aromatic heterocycles. The van der Waals surface area contributed by atoms with E-state index in [0.29, 0.717) is 0 Å². The zero-order valence-corrected chi connectivity index (χ0v) is 24.2. The minimum absolute atomic E-state index is 1.10. The van der Waals surface area contributed by atoms with Gasteiger partial charge >= 0.3 is 0 Å². The average Bonchev–Trinajstić information content (AvgIpc) is 3.50. The zero-order chi connectivity index (χ0) is 28.1. The third-order valence-corrected chi connectivity index (χ3v) is 8.41. The van der Waals surface area contributed by atoms with Gasteiger partial charge in [-0.1, -0.05) is 99.7 Å². The maximum atomic E-state index is 4.09. The summed E-state index contributed by atoms with van der Waals surface area (Å²) in [6.07, 6.45) is 12.4. The summed E-state index contributed by atoms with van der Waals surface area (Å²) >= 11 is 0. The van der Waals surface area contributed by atoms with Crippen molar-refractivity contribution in [3.63, 3.8) is 0 Å². The summed E-state index contributed by atoms with van der Waals surface area (Å²) in [4.78, 5) is 0. The van der Waals surface area contributed by atoms with Crippen LogP contribution >= 0.6 is 0 Å². The van der Waals surface area contributed by atoms with Crippen LogP contribution in [0, 0.1) is 6.92 Å². The van der Waals surface area contributed by atoms with Crippen LogP contribution in [-0.2, 0) is 0 Å². The van der Waals surface area contributed by atoms with Crippen LogP contribution in [0.2, 0.25) is 0 Å². The first-order valence-corrected chi connectivity index (χ1v) is 14.9. The molecule has 0 unspecified atom stereocenters. The van der Waals surface area contributed by atoms with Gasteiger partial charge in [0.05, 0.1) is 16.6 Å². The Kier molecular flexibility index (Phi) is 6.24. The standard InChI is InChI=1S/C37H27N.C3H8/c1-3-24-21-35-31(17-23(24)2)33-19-28(30-16-10-9-15-29(30)25-11-5-4-6-12-25)20-34-32-18-26-13-7-8-14-27(26)22-36(32)38(35)37(33)34;1-3-2/h3,5,7-22H,1,4,6H2,2H3;3H2,1-2H3. The minimum atomic E-state index is 1.10. The molecular formula is C40H35N. The summed E-state index contributed by atoms with van der Waals surface area (Å²) < 4.78 is 2.48. The first-order valence-electron chi connectivity index (χ1n) is 14.9. The molecule has 8 rings (SSSR count). The van der Waals surface area contributed by atoms with Gasteiger partial charge in [0.2, 0.25) is 0 Å². The molecule has 0 fully saturated rings. The van der Waals surface area contributed by atoms with E-state index in [4.69, 9.17) is 0 Å². The summed E-state index contributed by atoms with van der Waals surface area (Å²) in [5.41, 5.74) is 11.5. The second-order valence-electron chi connectivity index (χ2n) is 11.3. The van der Waals surface area contributed by atoms with Crippen LogP contribution < -0.4 is 0 Å². The largest absolute Gasteiger partial charge is 0.308 e. The minimum Gasteiger partial charge on any atom is -0.308 e. The van der Waals surface area contributed by atoms with E-state index in [1.165, 1.54) is 88.7 Å². The molecule has 0 bridgehead atoms. The number of fused-ring (bicyclic) bond motifs is 7. The predicted molar refractivity (Wildman–Crippen MR) is 181 cm³/mol. The van der Waals surface area contributed by atoms with Gasteiger partial charge in [0.1, 0.15) is 0 Å². The molecule has 2 heterocycles. The smallest absolute Gasteiger partial charge is 0.0620 e. The number of rotatable bonds is 3. The summed E-state index contributed by atoms with van der Waals surface area (Å²) in [6, 6.07) is 31.8. The molecule has 1 nitrogen and oxygen atoms in total. The molecule has 200 valence electrons. The average molecular weight is 530 g/mol. The van der Waals surface area contributed by atoms with Gasteiger partial charge < -0.3 is 4.40 Å².